The van der Waals surface area contributed by atoms with Crippen molar-refractivity contribution in [2.45, 2.75) is 31.2 Å². The summed E-state index contributed by atoms with van der Waals surface area (Å²) in [6.07, 6.45) is -0.279. The van der Waals surface area contributed by atoms with Gasteiger partial charge in [-0.3, -0.25) is 14.4 Å². The maximum absolute atomic E-state index is 12.5. The van der Waals surface area contributed by atoms with E-state index in [-0.39, 0.29) is 30.4 Å². The Bertz CT molecular complexity index is 1360. The Labute approximate surface area is 201 Å². The molecule has 0 bridgehead atoms. The smallest absolute Gasteiger partial charge is 0.303 e. The van der Waals surface area contributed by atoms with Crippen LogP contribution in [0.2, 0.25) is 0 Å². The maximum Gasteiger partial charge on any atom is 0.303 e. The van der Waals surface area contributed by atoms with Gasteiger partial charge in [0.05, 0.1) is 12.2 Å². The maximum atomic E-state index is 12.5. The molecule has 1 heterocycles. The van der Waals surface area contributed by atoms with Crippen molar-refractivity contribution in [3.8, 4) is 0 Å². The molecule has 2 amide bonds. The van der Waals surface area contributed by atoms with Crippen LogP contribution in [0.3, 0.4) is 0 Å². The Kier molecular flexibility index (Phi) is 7.18. The fraction of sp³-hybridized carbons (Fsp3) is 0.192. The lowest BCUT2D eigenvalue weighted by Crippen LogP contribution is -2.14. The van der Waals surface area contributed by atoms with Crippen LogP contribution in [0.4, 0.5) is 11.4 Å². The normalized spacial score (nSPS) is 11.0. The van der Waals surface area contributed by atoms with Gasteiger partial charge in [0.25, 0.3) is 0 Å². The predicted molar refractivity (Wildman–Crippen MR) is 136 cm³/mol. The zero-order chi connectivity index (χ0) is 24.1. The number of rotatable bonds is 9. The molecule has 0 aliphatic rings. The van der Waals surface area contributed by atoms with Gasteiger partial charge in [0.2, 0.25) is 11.8 Å². The topological polar surface area (TPSA) is 100 Å². The van der Waals surface area contributed by atoms with Gasteiger partial charge in [-0.2, -0.15) is 0 Å². The van der Waals surface area contributed by atoms with E-state index in [0.717, 1.165) is 28.0 Å². The lowest BCUT2D eigenvalue weighted by Gasteiger charge is -2.08. The molecule has 7 nitrogen and oxygen atoms in total. The highest BCUT2D eigenvalue weighted by Gasteiger charge is 2.11. The number of carbonyl (C=O) groups is 3. The summed E-state index contributed by atoms with van der Waals surface area (Å²) in [5.41, 5.74) is 3.67. The van der Waals surface area contributed by atoms with Crippen LogP contribution in [-0.2, 0) is 20.9 Å². The standard InChI is InChI=1S/C26H25N3O4S/c1-2-29-22-6-4-3-5-20(22)21-15-18(9-12-23(21)29)28-25(31)16-34-19-10-7-17(8-11-19)27-24(30)13-14-26(32)33/h3-12,15H,2,13-14,16H2,1H3,(H,27,30)(H,28,31)(H,32,33). The molecule has 0 saturated heterocycles. The number of aromatic nitrogens is 1. The lowest BCUT2D eigenvalue weighted by molar-refractivity contribution is -0.138. The van der Waals surface area contributed by atoms with E-state index in [1.807, 2.05) is 42.5 Å². The molecule has 4 aromatic rings. The van der Waals surface area contributed by atoms with Crippen molar-refractivity contribution < 1.29 is 19.5 Å². The Morgan fingerprint density at radius 1 is 0.824 bits per heavy atom. The SMILES string of the molecule is CCn1c2ccccc2c2cc(NC(=O)CSc3ccc(NC(=O)CCC(=O)O)cc3)ccc21. The van der Waals surface area contributed by atoms with E-state index in [2.05, 4.69) is 34.3 Å². The molecule has 0 aliphatic carbocycles. The molecule has 3 N–H and O–H groups in total. The number of carbonyl (C=O) groups excluding carboxylic acids is 2. The van der Waals surface area contributed by atoms with Crippen LogP contribution in [0, 0.1) is 0 Å². The molecule has 0 aliphatic heterocycles. The monoisotopic (exact) mass is 475 g/mol. The summed E-state index contributed by atoms with van der Waals surface area (Å²) in [5.74, 6) is -1.21. The fourth-order valence-electron chi connectivity index (χ4n) is 3.90. The zero-order valence-corrected chi connectivity index (χ0v) is 19.5. The Morgan fingerprint density at radius 2 is 1.50 bits per heavy atom. The largest absolute Gasteiger partial charge is 0.481 e. The van der Waals surface area contributed by atoms with Gasteiger partial charge < -0.3 is 20.3 Å². The molecule has 0 unspecified atom stereocenters. The van der Waals surface area contributed by atoms with E-state index >= 15 is 0 Å². The van der Waals surface area contributed by atoms with E-state index in [4.69, 9.17) is 5.11 Å². The average molecular weight is 476 g/mol. The quantitative estimate of drug-likeness (QED) is 0.283. The van der Waals surface area contributed by atoms with Crippen molar-refractivity contribution in [1.29, 1.82) is 0 Å². The van der Waals surface area contributed by atoms with Gasteiger partial charge in [-0.05, 0) is 55.5 Å². The number of aliphatic carboxylic acids is 1. The van der Waals surface area contributed by atoms with Crippen molar-refractivity contribution in [1.82, 2.24) is 4.57 Å². The van der Waals surface area contributed by atoms with Crippen LogP contribution < -0.4 is 10.6 Å². The first-order chi connectivity index (χ1) is 16.4. The van der Waals surface area contributed by atoms with Gasteiger partial charge >= 0.3 is 5.97 Å². The number of fused-ring (bicyclic) bond motifs is 3. The van der Waals surface area contributed by atoms with Crippen molar-refractivity contribution in [2.24, 2.45) is 0 Å². The van der Waals surface area contributed by atoms with Gasteiger partial charge in [-0.1, -0.05) is 18.2 Å². The summed E-state index contributed by atoms with van der Waals surface area (Å²) in [6.45, 7) is 3.00. The highest BCUT2D eigenvalue weighted by molar-refractivity contribution is 8.00. The van der Waals surface area contributed by atoms with Crippen molar-refractivity contribution >= 4 is 62.7 Å². The molecule has 0 fully saturated rings. The van der Waals surface area contributed by atoms with Gasteiger partial charge in [0, 0.05) is 51.0 Å². The van der Waals surface area contributed by atoms with Crippen LogP contribution in [0.25, 0.3) is 21.8 Å². The Balaban J connectivity index is 1.35. The van der Waals surface area contributed by atoms with E-state index in [0.29, 0.717) is 5.69 Å². The van der Waals surface area contributed by atoms with Crippen LogP contribution in [-0.4, -0.2) is 33.2 Å². The number of benzene rings is 3. The number of carboxylic acids is 1. The molecule has 0 atom stereocenters. The number of amides is 2. The van der Waals surface area contributed by atoms with Gasteiger partial charge in [-0.15, -0.1) is 11.8 Å². The number of carboxylic acid groups (broad SMARTS) is 1. The Morgan fingerprint density at radius 3 is 2.24 bits per heavy atom. The molecule has 1 aromatic heterocycles. The molecule has 0 saturated carbocycles. The van der Waals surface area contributed by atoms with Crippen LogP contribution in [0.15, 0.2) is 71.6 Å². The summed E-state index contributed by atoms with van der Waals surface area (Å²) < 4.78 is 2.27. The van der Waals surface area contributed by atoms with Gasteiger partial charge in [-0.25, -0.2) is 0 Å². The number of aryl methyl sites for hydroxylation is 1. The third-order valence-electron chi connectivity index (χ3n) is 5.45. The predicted octanol–water partition coefficient (Wildman–Crippen LogP) is 5.35. The summed E-state index contributed by atoms with van der Waals surface area (Å²) >= 11 is 1.40. The van der Waals surface area contributed by atoms with E-state index in [9.17, 15) is 14.4 Å². The highest BCUT2D eigenvalue weighted by Crippen LogP contribution is 2.31. The highest BCUT2D eigenvalue weighted by atomic mass is 32.2. The molecule has 0 spiro atoms. The third kappa shape index (κ3) is 5.40. The van der Waals surface area contributed by atoms with Gasteiger partial charge in [0.1, 0.15) is 0 Å². The lowest BCUT2D eigenvalue weighted by atomic mass is 10.1. The number of para-hydroxylation sites is 1. The molecule has 8 heteroatoms. The second-order valence-corrected chi connectivity index (χ2v) is 8.85. The van der Waals surface area contributed by atoms with Crippen LogP contribution in [0.5, 0.6) is 0 Å². The molecule has 3 aromatic carbocycles. The molecular weight excluding hydrogens is 450 g/mol. The number of thioether (sulfide) groups is 1. The number of hydrogen-bond donors (Lipinski definition) is 3. The Hall–Kier alpha value is -3.78. The van der Waals surface area contributed by atoms with Crippen molar-refractivity contribution in [2.75, 3.05) is 16.4 Å². The van der Waals surface area contributed by atoms with E-state index in [1.165, 1.54) is 22.7 Å². The summed E-state index contributed by atoms with van der Waals surface area (Å²) in [6, 6.07) is 21.4. The summed E-state index contributed by atoms with van der Waals surface area (Å²) in [5, 5.41) is 16.6. The third-order valence-corrected chi connectivity index (χ3v) is 6.46. The second-order valence-electron chi connectivity index (χ2n) is 7.80. The molecular formula is C26H25N3O4S. The van der Waals surface area contributed by atoms with Crippen LogP contribution in [0.1, 0.15) is 19.8 Å². The number of hydrogen-bond acceptors (Lipinski definition) is 4. The molecule has 174 valence electrons. The summed E-state index contributed by atoms with van der Waals surface area (Å²) in [4.78, 5) is 35.7. The first kappa shape index (κ1) is 23.4. The molecule has 4 rings (SSSR count). The first-order valence-corrected chi connectivity index (χ1v) is 12.0. The first-order valence-electron chi connectivity index (χ1n) is 11.0. The number of nitrogens with one attached hydrogen (secondary N) is 2. The van der Waals surface area contributed by atoms with Crippen LogP contribution >= 0.6 is 11.8 Å². The summed E-state index contributed by atoms with van der Waals surface area (Å²) in [7, 11) is 0. The molecule has 34 heavy (non-hydrogen) atoms. The number of anilines is 2. The van der Waals surface area contributed by atoms with Gasteiger partial charge in [0.15, 0.2) is 0 Å². The minimum absolute atomic E-state index is 0.0727. The zero-order valence-electron chi connectivity index (χ0n) is 18.7. The van der Waals surface area contributed by atoms with Crippen molar-refractivity contribution in [3.05, 3.63) is 66.7 Å². The molecule has 0 radical (unpaired) electrons. The van der Waals surface area contributed by atoms with E-state index in [1.54, 1.807) is 12.1 Å². The minimum Gasteiger partial charge on any atom is -0.481 e. The van der Waals surface area contributed by atoms with E-state index < -0.39 is 5.97 Å². The minimum atomic E-state index is -1.01. The second kappa shape index (κ2) is 10.4. The number of nitrogens with zero attached hydrogens (tertiary/aromatic N) is 1. The average Bonchev–Trinajstić information content (AvgIpc) is 3.15. The fourth-order valence-corrected chi connectivity index (χ4v) is 4.59. The van der Waals surface area contributed by atoms with Crippen molar-refractivity contribution in [3.63, 3.8) is 0 Å².